The summed E-state index contributed by atoms with van der Waals surface area (Å²) in [4.78, 5) is 7.38. The number of likely N-dealkylation sites (tertiary alicyclic amines) is 1. The lowest BCUT2D eigenvalue weighted by Gasteiger charge is -2.45. The number of rotatable bonds is 6. The van der Waals surface area contributed by atoms with E-state index < -0.39 is 0 Å². The molecule has 2 saturated heterocycles. The van der Waals surface area contributed by atoms with Crippen LogP contribution in [-0.4, -0.2) is 68.8 Å². The molecule has 184 valence electrons. The van der Waals surface area contributed by atoms with Gasteiger partial charge in [0.15, 0.2) is 5.82 Å². The van der Waals surface area contributed by atoms with Gasteiger partial charge < -0.3 is 15.0 Å². The second-order valence-electron chi connectivity index (χ2n) is 11.8. The zero-order valence-corrected chi connectivity index (χ0v) is 20.8. The highest BCUT2D eigenvalue weighted by Gasteiger charge is 2.40. The first-order valence-corrected chi connectivity index (χ1v) is 13.3. The van der Waals surface area contributed by atoms with Gasteiger partial charge in [-0.1, -0.05) is 6.92 Å². The first-order chi connectivity index (χ1) is 16.5. The smallest absolute Gasteiger partial charge is 0.151 e. The van der Waals surface area contributed by atoms with Gasteiger partial charge in [-0.25, -0.2) is 9.67 Å². The molecule has 6 rings (SSSR count). The SMILES string of the molecule is Cc1nc(C2CC2)n(-c2cnnc(NC3CCC(C)(CN4CCC5(CCOC5)CC4)CC3)c2)n1. The molecule has 0 amide bonds. The molecule has 2 aliphatic heterocycles. The second kappa shape index (κ2) is 8.86. The molecule has 2 aliphatic carbocycles. The van der Waals surface area contributed by atoms with E-state index in [0.29, 0.717) is 22.8 Å². The summed E-state index contributed by atoms with van der Waals surface area (Å²) in [6.45, 7) is 10.1. The number of aryl methyl sites for hydroxylation is 1. The van der Waals surface area contributed by atoms with Crippen molar-refractivity contribution in [1.29, 1.82) is 0 Å². The number of ether oxygens (including phenoxy) is 1. The molecule has 2 aromatic heterocycles. The maximum Gasteiger partial charge on any atom is 0.151 e. The molecule has 4 aliphatic rings. The summed E-state index contributed by atoms with van der Waals surface area (Å²) in [5.74, 6) is 3.27. The monoisotopic (exact) mass is 465 g/mol. The number of nitrogens with one attached hydrogen (secondary N) is 1. The lowest BCUT2D eigenvalue weighted by Crippen LogP contribution is -2.46. The zero-order valence-electron chi connectivity index (χ0n) is 20.8. The number of aromatic nitrogens is 5. The van der Waals surface area contributed by atoms with E-state index in [0.717, 1.165) is 36.4 Å². The van der Waals surface area contributed by atoms with Crippen LogP contribution in [0.3, 0.4) is 0 Å². The van der Waals surface area contributed by atoms with E-state index in [2.05, 4.69) is 43.5 Å². The highest BCUT2D eigenvalue weighted by Crippen LogP contribution is 2.42. The molecule has 0 atom stereocenters. The Kier molecular flexibility index (Phi) is 5.84. The molecule has 8 nitrogen and oxygen atoms in total. The molecule has 0 radical (unpaired) electrons. The quantitative estimate of drug-likeness (QED) is 0.688. The summed E-state index contributed by atoms with van der Waals surface area (Å²) in [5, 5.41) is 17.0. The van der Waals surface area contributed by atoms with Crippen molar-refractivity contribution in [3.63, 3.8) is 0 Å². The van der Waals surface area contributed by atoms with Gasteiger partial charge in [-0.05, 0) is 88.6 Å². The van der Waals surface area contributed by atoms with Gasteiger partial charge in [-0.15, -0.1) is 5.10 Å². The molecule has 2 saturated carbocycles. The standard InChI is InChI=1S/C26H39N7O/c1-19-28-24(20-3-4-20)33(31-19)22-15-23(30-27-16-22)29-21-5-7-25(2,8-6-21)17-32-12-9-26(10-13-32)11-14-34-18-26/h15-16,20-21H,3-14,17-18H2,1-2H3,(H,29,30). The lowest BCUT2D eigenvalue weighted by molar-refractivity contribution is 0.0461. The fraction of sp³-hybridized carbons (Fsp3) is 0.769. The van der Waals surface area contributed by atoms with Gasteiger partial charge in [-0.3, -0.25) is 0 Å². The largest absolute Gasteiger partial charge is 0.381 e. The van der Waals surface area contributed by atoms with E-state index in [1.165, 1.54) is 77.4 Å². The molecule has 0 aromatic carbocycles. The average molecular weight is 466 g/mol. The highest BCUT2D eigenvalue weighted by atomic mass is 16.5. The van der Waals surface area contributed by atoms with Crippen LogP contribution in [0.4, 0.5) is 5.82 Å². The third-order valence-corrected chi connectivity index (χ3v) is 8.82. The van der Waals surface area contributed by atoms with Crippen molar-refractivity contribution >= 4 is 5.82 Å². The molecular weight excluding hydrogens is 426 g/mol. The minimum Gasteiger partial charge on any atom is -0.381 e. The van der Waals surface area contributed by atoms with E-state index >= 15 is 0 Å². The van der Waals surface area contributed by atoms with Crippen LogP contribution in [0.25, 0.3) is 5.69 Å². The van der Waals surface area contributed by atoms with Crippen molar-refractivity contribution < 1.29 is 4.74 Å². The van der Waals surface area contributed by atoms with Crippen LogP contribution in [0.15, 0.2) is 12.3 Å². The summed E-state index contributed by atoms with van der Waals surface area (Å²) in [6, 6.07) is 2.54. The maximum atomic E-state index is 5.71. The fourth-order valence-corrected chi connectivity index (χ4v) is 6.37. The van der Waals surface area contributed by atoms with Crippen LogP contribution in [0.5, 0.6) is 0 Å². The molecule has 34 heavy (non-hydrogen) atoms. The zero-order chi connectivity index (χ0) is 23.2. The number of anilines is 1. The van der Waals surface area contributed by atoms with Gasteiger partial charge >= 0.3 is 0 Å². The molecule has 1 N–H and O–H groups in total. The number of hydrogen-bond donors (Lipinski definition) is 1. The van der Waals surface area contributed by atoms with Crippen molar-refractivity contribution in [2.24, 2.45) is 10.8 Å². The second-order valence-corrected chi connectivity index (χ2v) is 11.8. The Morgan fingerprint density at radius 2 is 1.88 bits per heavy atom. The Morgan fingerprint density at radius 3 is 2.59 bits per heavy atom. The Bertz CT molecular complexity index is 992. The predicted octanol–water partition coefficient (Wildman–Crippen LogP) is 4.11. The van der Waals surface area contributed by atoms with Crippen molar-refractivity contribution in [2.45, 2.75) is 83.6 Å². The molecule has 1 spiro atoms. The highest BCUT2D eigenvalue weighted by molar-refractivity contribution is 5.44. The van der Waals surface area contributed by atoms with Gasteiger partial charge in [-0.2, -0.15) is 10.2 Å². The van der Waals surface area contributed by atoms with E-state index in [1.807, 2.05) is 11.6 Å². The van der Waals surface area contributed by atoms with E-state index in [-0.39, 0.29) is 0 Å². The molecule has 4 fully saturated rings. The van der Waals surface area contributed by atoms with Gasteiger partial charge in [0.1, 0.15) is 11.6 Å². The van der Waals surface area contributed by atoms with E-state index in [4.69, 9.17) is 4.74 Å². The van der Waals surface area contributed by atoms with Crippen LogP contribution < -0.4 is 5.32 Å². The molecular formula is C26H39N7O. The van der Waals surface area contributed by atoms with Crippen molar-refractivity contribution in [3.05, 3.63) is 23.9 Å². The minimum atomic E-state index is 0.416. The predicted molar refractivity (Wildman–Crippen MR) is 131 cm³/mol. The molecule has 2 aromatic rings. The average Bonchev–Trinajstić information content (AvgIpc) is 3.46. The first kappa shape index (κ1) is 22.4. The topological polar surface area (TPSA) is 81.0 Å². The van der Waals surface area contributed by atoms with E-state index in [9.17, 15) is 0 Å². The third-order valence-electron chi connectivity index (χ3n) is 8.82. The summed E-state index contributed by atoms with van der Waals surface area (Å²) in [5.41, 5.74) is 1.87. The normalized spacial score (nSPS) is 29.5. The summed E-state index contributed by atoms with van der Waals surface area (Å²) in [6.07, 6.45) is 13.0. The third kappa shape index (κ3) is 4.71. The Hall–Kier alpha value is -2.06. The Labute approximate surface area is 202 Å². The minimum absolute atomic E-state index is 0.416. The Balaban J connectivity index is 1.03. The fourth-order valence-electron chi connectivity index (χ4n) is 6.37. The van der Waals surface area contributed by atoms with Gasteiger partial charge in [0.2, 0.25) is 0 Å². The summed E-state index contributed by atoms with van der Waals surface area (Å²) < 4.78 is 7.68. The van der Waals surface area contributed by atoms with Crippen LogP contribution in [-0.2, 0) is 4.74 Å². The molecule has 4 heterocycles. The number of piperidine rings is 1. The van der Waals surface area contributed by atoms with Crippen LogP contribution in [0, 0.1) is 17.8 Å². The van der Waals surface area contributed by atoms with Crippen LogP contribution in [0.1, 0.15) is 82.3 Å². The molecule has 0 bridgehead atoms. The van der Waals surface area contributed by atoms with Crippen molar-refractivity contribution in [1.82, 2.24) is 29.9 Å². The van der Waals surface area contributed by atoms with Gasteiger partial charge in [0.05, 0.1) is 18.5 Å². The van der Waals surface area contributed by atoms with Gasteiger partial charge in [0, 0.05) is 31.2 Å². The van der Waals surface area contributed by atoms with Crippen molar-refractivity contribution in [2.75, 3.05) is 38.2 Å². The van der Waals surface area contributed by atoms with Gasteiger partial charge in [0.25, 0.3) is 0 Å². The van der Waals surface area contributed by atoms with Crippen LogP contribution >= 0.6 is 0 Å². The Morgan fingerprint density at radius 1 is 1.09 bits per heavy atom. The molecule has 8 heteroatoms. The summed E-state index contributed by atoms with van der Waals surface area (Å²) in [7, 11) is 0. The van der Waals surface area contributed by atoms with E-state index in [1.54, 1.807) is 6.20 Å². The first-order valence-electron chi connectivity index (χ1n) is 13.3. The summed E-state index contributed by atoms with van der Waals surface area (Å²) >= 11 is 0. The molecule has 0 unspecified atom stereocenters. The maximum absolute atomic E-state index is 5.71. The van der Waals surface area contributed by atoms with Crippen molar-refractivity contribution in [3.8, 4) is 5.69 Å². The van der Waals surface area contributed by atoms with Crippen LogP contribution in [0.2, 0.25) is 0 Å². The number of hydrogen-bond acceptors (Lipinski definition) is 7. The number of nitrogens with zero attached hydrogens (tertiary/aromatic N) is 6. The lowest BCUT2D eigenvalue weighted by atomic mass is 9.72.